The second-order valence-electron chi connectivity index (χ2n) is 7.40. The van der Waals surface area contributed by atoms with E-state index in [2.05, 4.69) is 5.32 Å². The van der Waals surface area contributed by atoms with Gasteiger partial charge < -0.3 is 15.0 Å². The minimum Gasteiger partial charge on any atom is -0.493 e. The number of benzene rings is 2. The Kier molecular flexibility index (Phi) is 4.84. The smallest absolute Gasteiger partial charge is 0.225 e. The number of fused-ring (bicyclic) bond motifs is 1. The molecule has 1 fully saturated rings. The number of rotatable bonds is 4. The standard InChI is InChI=1S/C22H24N2O3/c1-15-6-8-16(9-7-15)13-24-14-17(12-21(24)25)22(26)23-19-10-11-27-20-5-3-2-4-18(19)20/h2-9,17,19H,10-14H2,1H3,(H,23,26)/t17-,19-/m1/s1. The normalized spacial score (nSPS) is 21.5. The van der Waals surface area contributed by atoms with Gasteiger partial charge in [0.1, 0.15) is 5.75 Å². The molecule has 0 bridgehead atoms. The molecule has 2 aromatic carbocycles. The van der Waals surface area contributed by atoms with E-state index < -0.39 is 0 Å². The van der Waals surface area contributed by atoms with E-state index in [1.165, 1.54) is 5.56 Å². The first-order chi connectivity index (χ1) is 13.1. The maximum atomic E-state index is 12.8. The van der Waals surface area contributed by atoms with Crippen LogP contribution in [0, 0.1) is 12.8 Å². The first kappa shape index (κ1) is 17.6. The molecule has 140 valence electrons. The van der Waals surface area contributed by atoms with Crippen molar-refractivity contribution in [2.24, 2.45) is 5.92 Å². The van der Waals surface area contributed by atoms with Gasteiger partial charge in [-0.15, -0.1) is 0 Å². The summed E-state index contributed by atoms with van der Waals surface area (Å²) in [4.78, 5) is 26.9. The van der Waals surface area contributed by atoms with Crippen LogP contribution in [0.5, 0.6) is 5.75 Å². The highest BCUT2D eigenvalue weighted by Gasteiger charge is 2.35. The van der Waals surface area contributed by atoms with Crippen molar-refractivity contribution >= 4 is 11.8 Å². The summed E-state index contributed by atoms with van der Waals surface area (Å²) in [7, 11) is 0. The van der Waals surface area contributed by atoms with Gasteiger partial charge in [-0.3, -0.25) is 9.59 Å². The molecule has 5 nitrogen and oxygen atoms in total. The van der Waals surface area contributed by atoms with Gasteiger partial charge in [0.25, 0.3) is 0 Å². The van der Waals surface area contributed by atoms with Gasteiger partial charge in [0.2, 0.25) is 11.8 Å². The summed E-state index contributed by atoms with van der Waals surface area (Å²) in [5, 5.41) is 3.13. The number of ether oxygens (including phenoxy) is 1. The van der Waals surface area contributed by atoms with Crippen LogP contribution in [-0.2, 0) is 16.1 Å². The summed E-state index contributed by atoms with van der Waals surface area (Å²) >= 11 is 0. The van der Waals surface area contributed by atoms with Crippen LogP contribution in [0.15, 0.2) is 48.5 Å². The summed E-state index contributed by atoms with van der Waals surface area (Å²) in [6, 6.07) is 15.9. The van der Waals surface area contributed by atoms with Crippen LogP contribution >= 0.6 is 0 Å². The number of carbonyl (C=O) groups excluding carboxylic acids is 2. The van der Waals surface area contributed by atoms with Gasteiger partial charge in [-0.2, -0.15) is 0 Å². The lowest BCUT2D eigenvalue weighted by atomic mass is 9.99. The molecule has 0 aliphatic carbocycles. The largest absolute Gasteiger partial charge is 0.493 e. The van der Waals surface area contributed by atoms with Crippen LogP contribution in [0.1, 0.15) is 35.6 Å². The van der Waals surface area contributed by atoms with Crippen LogP contribution in [-0.4, -0.2) is 29.9 Å². The van der Waals surface area contributed by atoms with Gasteiger partial charge in [-0.1, -0.05) is 48.0 Å². The van der Waals surface area contributed by atoms with E-state index in [4.69, 9.17) is 4.74 Å². The molecule has 0 spiro atoms. The van der Waals surface area contributed by atoms with Gasteiger partial charge in [0.05, 0.1) is 18.6 Å². The minimum absolute atomic E-state index is 0.0445. The van der Waals surface area contributed by atoms with Gasteiger partial charge in [-0.05, 0) is 18.6 Å². The molecule has 4 rings (SSSR count). The predicted molar refractivity (Wildman–Crippen MR) is 102 cm³/mol. The lowest BCUT2D eigenvalue weighted by Gasteiger charge is -2.27. The van der Waals surface area contributed by atoms with Gasteiger partial charge >= 0.3 is 0 Å². The van der Waals surface area contributed by atoms with E-state index in [0.29, 0.717) is 19.7 Å². The Balaban J connectivity index is 1.39. The topological polar surface area (TPSA) is 58.6 Å². The van der Waals surface area contributed by atoms with Crippen LogP contribution in [0.4, 0.5) is 0 Å². The summed E-state index contributed by atoms with van der Waals surface area (Å²) in [6.07, 6.45) is 1.03. The number of carbonyl (C=O) groups is 2. The number of nitrogens with zero attached hydrogens (tertiary/aromatic N) is 1. The summed E-state index contributed by atoms with van der Waals surface area (Å²) in [5.41, 5.74) is 3.30. The molecular formula is C22H24N2O3. The molecule has 2 atom stereocenters. The van der Waals surface area contributed by atoms with Gasteiger partial charge in [0.15, 0.2) is 0 Å². The third-order valence-electron chi connectivity index (χ3n) is 5.35. The molecule has 2 aromatic rings. The maximum absolute atomic E-state index is 12.8. The first-order valence-corrected chi connectivity index (χ1v) is 9.45. The molecular weight excluding hydrogens is 340 g/mol. The quantitative estimate of drug-likeness (QED) is 0.907. The monoisotopic (exact) mass is 364 g/mol. The zero-order valence-corrected chi connectivity index (χ0v) is 15.5. The molecule has 1 N–H and O–H groups in total. The predicted octanol–water partition coefficient (Wildman–Crippen LogP) is 2.98. The Labute approximate surface area is 159 Å². The summed E-state index contributed by atoms with van der Waals surface area (Å²) in [5.74, 6) is 0.537. The van der Waals surface area contributed by atoms with E-state index >= 15 is 0 Å². The van der Waals surface area contributed by atoms with Crippen molar-refractivity contribution in [2.75, 3.05) is 13.2 Å². The Morgan fingerprint density at radius 3 is 2.78 bits per heavy atom. The molecule has 0 aromatic heterocycles. The number of nitrogens with one attached hydrogen (secondary N) is 1. The fraction of sp³-hybridized carbons (Fsp3) is 0.364. The van der Waals surface area contributed by atoms with Gasteiger partial charge in [-0.25, -0.2) is 0 Å². The highest BCUT2D eigenvalue weighted by atomic mass is 16.5. The van der Waals surface area contributed by atoms with E-state index in [-0.39, 0.29) is 30.2 Å². The molecule has 0 unspecified atom stereocenters. The molecule has 0 radical (unpaired) electrons. The molecule has 2 aliphatic heterocycles. The second kappa shape index (κ2) is 7.43. The fourth-order valence-corrected chi connectivity index (χ4v) is 3.80. The fourth-order valence-electron chi connectivity index (χ4n) is 3.80. The molecule has 27 heavy (non-hydrogen) atoms. The van der Waals surface area contributed by atoms with E-state index in [1.54, 1.807) is 4.90 Å². The zero-order valence-electron chi connectivity index (χ0n) is 15.5. The lowest BCUT2D eigenvalue weighted by Crippen LogP contribution is -2.37. The van der Waals surface area contributed by atoms with Gasteiger partial charge in [0, 0.05) is 31.5 Å². The summed E-state index contributed by atoms with van der Waals surface area (Å²) in [6.45, 7) is 3.66. The van der Waals surface area contributed by atoms with Crippen molar-refractivity contribution in [1.29, 1.82) is 0 Å². The van der Waals surface area contributed by atoms with Crippen LogP contribution in [0.3, 0.4) is 0 Å². The number of aryl methyl sites for hydroxylation is 1. The average Bonchev–Trinajstić information content (AvgIpc) is 3.04. The van der Waals surface area contributed by atoms with Crippen molar-refractivity contribution in [2.45, 2.75) is 32.4 Å². The average molecular weight is 364 g/mol. The number of para-hydroxylation sites is 1. The molecule has 0 saturated carbocycles. The molecule has 2 heterocycles. The van der Waals surface area contributed by atoms with Crippen LogP contribution in [0.25, 0.3) is 0 Å². The minimum atomic E-state index is -0.294. The lowest BCUT2D eigenvalue weighted by molar-refractivity contribution is -0.129. The third kappa shape index (κ3) is 3.82. The molecule has 2 amide bonds. The number of hydrogen-bond donors (Lipinski definition) is 1. The second-order valence-corrected chi connectivity index (χ2v) is 7.40. The summed E-state index contributed by atoms with van der Waals surface area (Å²) < 4.78 is 5.66. The molecule has 2 aliphatic rings. The molecule has 1 saturated heterocycles. The van der Waals surface area contributed by atoms with Crippen molar-refractivity contribution in [1.82, 2.24) is 10.2 Å². The highest BCUT2D eigenvalue weighted by Crippen LogP contribution is 2.32. The van der Waals surface area contributed by atoms with E-state index in [1.807, 2.05) is 55.5 Å². The maximum Gasteiger partial charge on any atom is 0.225 e. The van der Waals surface area contributed by atoms with Crippen LogP contribution in [0.2, 0.25) is 0 Å². The van der Waals surface area contributed by atoms with E-state index in [9.17, 15) is 9.59 Å². The Morgan fingerprint density at radius 1 is 1.19 bits per heavy atom. The Hall–Kier alpha value is -2.82. The zero-order chi connectivity index (χ0) is 18.8. The molecule has 5 heteroatoms. The number of hydrogen-bond acceptors (Lipinski definition) is 3. The van der Waals surface area contributed by atoms with Crippen LogP contribution < -0.4 is 10.1 Å². The van der Waals surface area contributed by atoms with Crippen molar-refractivity contribution in [3.05, 3.63) is 65.2 Å². The third-order valence-corrected chi connectivity index (χ3v) is 5.35. The Bertz CT molecular complexity index is 847. The SMILES string of the molecule is Cc1ccc(CN2C[C@H](C(=O)N[C@@H]3CCOc4ccccc43)CC2=O)cc1. The number of likely N-dealkylation sites (tertiary alicyclic amines) is 1. The Morgan fingerprint density at radius 2 is 1.96 bits per heavy atom. The van der Waals surface area contributed by atoms with E-state index in [0.717, 1.165) is 23.3 Å². The van der Waals surface area contributed by atoms with Crippen molar-refractivity contribution < 1.29 is 14.3 Å². The van der Waals surface area contributed by atoms with Crippen molar-refractivity contribution in [3.63, 3.8) is 0 Å². The number of amides is 2. The van der Waals surface area contributed by atoms with Crippen molar-refractivity contribution in [3.8, 4) is 5.75 Å². The highest BCUT2D eigenvalue weighted by molar-refractivity contribution is 5.89. The first-order valence-electron chi connectivity index (χ1n) is 9.45.